The quantitative estimate of drug-likeness (QED) is 0.451. The minimum Gasteiger partial charge on any atom is -0.272 e. The van der Waals surface area contributed by atoms with Gasteiger partial charge in [-0.2, -0.15) is 5.10 Å². The van der Waals surface area contributed by atoms with Crippen LogP contribution in [0.1, 0.15) is 38.9 Å². The Bertz CT molecular complexity index is 1400. The molecule has 2 atom stereocenters. The molecule has 7 nitrogen and oxygen atoms in total. The van der Waals surface area contributed by atoms with Gasteiger partial charge in [-0.25, -0.2) is 19.4 Å². The van der Waals surface area contributed by atoms with Crippen LogP contribution in [0.4, 0.5) is 4.39 Å². The van der Waals surface area contributed by atoms with E-state index in [2.05, 4.69) is 26.1 Å². The van der Waals surface area contributed by atoms with E-state index in [-0.39, 0.29) is 23.7 Å². The number of nitrogens with zero attached hydrogens (tertiary/aromatic N) is 6. The van der Waals surface area contributed by atoms with Crippen molar-refractivity contribution >= 4 is 5.91 Å². The Labute approximate surface area is 202 Å². The summed E-state index contributed by atoms with van der Waals surface area (Å²) >= 11 is 0. The fourth-order valence-electron chi connectivity index (χ4n) is 5.36. The lowest BCUT2D eigenvalue weighted by molar-refractivity contribution is -0.00305. The molecular formula is C27H25FN6O. The van der Waals surface area contributed by atoms with E-state index in [1.807, 2.05) is 49.3 Å². The molecule has 2 aliphatic rings. The molecule has 6 rings (SSSR count). The van der Waals surface area contributed by atoms with Crippen LogP contribution in [0.15, 0.2) is 67.0 Å². The van der Waals surface area contributed by atoms with Crippen LogP contribution < -0.4 is 0 Å². The van der Waals surface area contributed by atoms with Crippen molar-refractivity contribution in [3.8, 4) is 11.4 Å². The maximum atomic E-state index is 14.0. The monoisotopic (exact) mass is 468 g/mol. The van der Waals surface area contributed by atoms with Crippen molar-refractivity contribution in [2.45, 2.75) is 25.9 Å². The van der Waals surface area contributed by atoms with Crippen LogP contribution in [-0.2, 0) is 20.0 Å². The Kier molecular flexibility index (Phi) is 5.18. The molecule has 3 heterocycles. The third-order valence-electron chi connectivity index (χ3n) is 7.05. The number of halogens is 1. The molecule has 1 fully saturated rings. The van der Waals surface area contributed by atoms with Crippen LogP contribution in [0.2, 0.25) is 0 Å². The molecule has 35 heavy (non-hydrogen) atoms. The van der Waals surface area contributed by atoms with Gasteiger partial charge in [-0.15, -0.1) is 0 Å². The normalized spacial score (nSPS) is 19.1. The topological polar surface area (TPSA) is 67.2 Å². The van der Waals surface area contributed by atoms with Crippen molar-refractivity contribution in [1.82, 2.24) is 29.8 Å². The van der Waals surface area contributed by atoms with Gasteiger partial charge in [0.1, 0.15) is 5.82 Å². The number of carbonyl (C=O) groups excluding carboxylic acids is 1. The highest BCUT2D eigenvalue weighted by Crippen LogP contribution is 2.47. The molecule has 1 aliphatic heterocycles. The van der Waals surface area contributed by atoms with E-state index in [4.69, 9.17) is 0 Å². The molecule has 1 amide bonds. The van der Waals surface area contributed by atoms with Crippen LogP contribution in [0, 0.1) is 18.7 Å². The maximum Gasteiger partial charge on any atom is 0.288 e. The first-order valence-corrected chi connectivity index (χ1v) is 11.7. The fraction of sp³-hybridized carbons (Fsp3) is 0.259. The first kappa shape index (κ1) is 21.6. The van der Waals surface area contributed by atoms with Gasteiger partial charge in [0.15, 0.2) is 11.5 Å². The van der Waals surface area contributed by atoms with Gasteiger partial charge in [-0.3, -0.25) is 14.5 Å². The van der Waals surface area contributed by atoms with Crippen molar-refractivity contribution in [3.05, 3.63) is 101 Å². The Morgan fingerprint density at radius 1 is 1.09 bits per heavy atom. The number of amides is 1. The van der Waals surface area contributed by atoms with Crippen molar-refractivity contribution in [1.29, 1.82) is 0 Å². The maximum absolute atomic E-state index is 14.0. The number of hydrogen-bond acceptors (Lipinski definition) is 5. The predicted octanol–water partition coefficient (Wildman–Crippen LogP) is 4.11. The van der Waals surface area contributed by atoms with E-state index in [1.165, 1.54) is 6.07 Å². The van der Waals surface area contributed by atoms with Gasteiger partial charge in [-0.05, 0) is 60.4 Å². The van der Waals surface area contributed by atoms with Crippen LogP contribution in [0.3, 0.4) is 0 Å². The van der Waals surface area contributed by atoms with Gasteiger partial charge in [0.05, 0.1) is 6.04 Å². The zero-order valence-electron chi connectivity index (χ0n) is 19.6. The predicted molar refractivity (Wildman–Crippen MR) is 128 cm³/mol. The first-order valence-electron chi connectivity index (χ1n) is 11.7. The second kappa shape index (κ2) is 8.39. The summed E-state index contributed by atoms with van der Waals surface area (Å²) in [4.78, 5) is 22.4. The van der Waals surface area contributed by atoms with E-state index >= 15 is 0 Å². The zero-order valence-corrected chi connectivity index (χ0v) is 19.6. The molecule has 0 bridgehead atoms. The van der Waals surface area contributed by atoms with E-state index in [1.54, 1.807) is 29.2 Å². The largest absolute Gasteiger partial charge is 0.288 e. The molecule has 2 aromatic carbocycles. The standard InChI is InChI=1S/C27H25FN6O/c1-17-11-24(31-32(17)2)27(35)34-16-21-13-20-14-22(28)7-8-23(20)25(21)33(34)15-18-5-3-6-19(12-18)26-29-9-4-10-30-26/h3-12,14,21,25H,13,15-16H2,1-2H3/t21-,25+/m0/s1. The number of rotatable bonds is 4. The number of aryl methyl sites for hydroxylation is 2. The summed E-state index contributed by atoms with van der Waals surface area (Å²) in [7, 11) is 1.84. The Morgan fingerprint density at radius 3 is 2.69 bits per heavy atom. The molecule has 0 saturated carbocycles. The minimum atomic E-state index is -0.220. The van der Waals surface area contributed by atoms with Crippen LogP contribution >= 0.6 is 0 Å². The summed E-state index contributed by atoms with van der Waals surface area (Å²) in [5.41, 5.74) is 5.44. The first-order chi connectivity index (χ1) is 17.0. The minimum absolute atomic E-state index is 0.00371. The lowest BCUT2D eigenvalue weighted by atomic mass is 10.0. The molecule has 8 heteroatoms. The molecular weight excluding hydrogens is 443 g/mol. The van der Waals surface area contributed by atoms with Crippen molar-refractivity contribution in [3.63, 3.8) is 0 Å². The number of fused-ring (bicyclic) bond motifs is 3. The summed E-state index contributed by atoms with van der Waals surface area (Å²) < 4.78 is 15.7. The molecule has 0 radical (unpaired) electrons. The summed E-state index contributed by atoms with van der Waals surface area (Å²) in [6.45, 7) is 3.02. The van der Waals surface area contributed by atoms with Gasteiger partial charge in [0.25, 0.3) is 5.91 Å². The lowest BCUT2D eigenvalue weighted by Crippen LogP contribution is -2.42. The number of carbonyl (C=O) groups is 1. The lowest BCUT2D eigenvalue weighted by Gasteiger charge is -2.32. The molecule has 4 aromatic rings. The van der Waals surface area contributed by atoms with E-state index < -0.39 is 0 Å². The molecule has 2 aromatic heterocycles. The molecule has 0 N–H and O–H groups in total. The van der Waals surface area contributed by atoms with Crippen molar-refractivity contribution in [2.75, 3.05) is 6.54 Å². The molecule has 1 saturated heterocycles. The Hall–Kier alpha value is -3.91. The highest BCUT2D eigenvalue weighted by molar-refractivity contribution is 5.92. The summed E-state index contributed by atoms with van der Waals surface area (Å²) in [6, 6.07) is 16.7. The molecule has 0 unspecified atom stereocenters. The zero-order chi connectivity index (χ0) is 24.1. The average Bonchev–Trinajstić information content (AvgIpc) is 3.51. The Morgan fingerprint density at radius 2 is 1.91 bits per heavy atom. The number of benzene rings is 2. The molecule has 0 spiro atoms. The number of aromatic nitrogens is 4. The van der Waals surface area contributed by atoms with Crippen LogP contribution in [0.5, 0.6) is 0 Å². The van der Waals surface area contributed by atoms with Gasteiger partial charge in [-0.1, -0.05) is 24.3 Å². The van der Waals surface area contributed by atoms with E-state index in [9.17, 15) is 9.18 Å². The van der Waals surface area contributed by atoms with Crippen molar-refractivity contribution in [2.24, 2.45) is 13.0 Å². The van der Waals surface area contributed by atoms with Crippen LogP contribution in [-0.4, -0.2) is 42.2 Å². The van der Waals surface area contributed by atoms with Gasteiger partial charge in [0, 0.05) is 49.7 Å². The third kappa shape index (κ3) is 3.80. The molecule has 176 valence electrons. The summed E-state index contributed by atoms with van der Waals surface area (Å²) in [5, 5.41) is 8.39. The van der Waals surface area contributed by atoms with E-state index in [0.29, 0.717) is 24.6 Å². The number of hydrazine groups is 1. The highest BCUT2D eigenvalue weighted by atomic mass is 19.1. The van der Waals surface area contributed by atoms with Crippen LogP contribution in [0.25, 0.3) is 11.4 Å². The summed E-state index contributed by atoms with van der Waals surface area (Å²) in [5.74, 6) is 0.519. The van der Waals surface area contributed by atoms with Gasteiger partial charge < -0.3 is 0 Å². The fourth-order valence-corrected chi connectivity index (χ4v) is 5.36. The average molecular weight is 469 g/mol. The second-order valence-electron chi connectivity index (χ2n) is 9.30. The third-order valence-corrected chi connectivity index (χ3v) is 7.05. The van der Waals surface area contributed by atoms with Crippen molar-refractivity contribution < 1.29 is 9.18 Å². The smallest absolute Gasteiger partial charge is 0.272 e. The van der Waals surface area contributed by atoms with E-state index in [0.717, 1.165) is 34.4 Å². The van der Waals surface area contributed by atoms with Gasteiger partial charge in [0.2, 0.25) is 0 Å². The van der Waals surface area contributed by atoms with Gasteiger partial charge >= 0.3 is 0 Å². The summed E-state index contributed by atoms with van der Waals surface area (Å²) in [6.07, 6.45) is 4.20. The number of hydrogen-bond donors (Lipinski definition) is 0. The second-order valence-corrected chi connectivity index (χ2v) is 9.30. The molecule has 1 aliphatic carbocycles. The highest BCUT2D eigenvalue weighted by Gasteiger charge is 2.47. The Balaban J connectivity index is 1.37. The SMILES string of the molecule is Cc1cc(C(=O)N2C[C@@H]3Cc4cc(F)ccc4[C@@H]3N2Cc2cccc(-c3ncccn3)c2)nn1C.